The summed E-state index contributed by atoms with van der Waals surface area (Å²) in [6.07, 6.45) is 35.4. The van der Waals surface area contributed by atoms with E-state index in [0.717, 1.165) is 51.4 Å². The van der Waals surface area contributed by atoms with Gasteiger partial charge in [-0.15, -0.1) is 0 Å². The van der Waals surface area contributed by atoms with Crippen molar-refractivity contribution in [3.63, 3.8) is 0 Å². The Labute approximate surface area is 295 Å². The molecule has 0 spiro atoms. The molecule has 8 nitrogen and oxygen atoms in total. The van der Waals surface area contributed by atoms with Gasteiger partial charge in [0.15, 0.2) is 6.10 Å². The van der Waals surface area contributed by atoms with Crippen LogP contribution in [0.25, 0.3) is 0 Å². The largest absolute Gasteiger partial charge is 0.472 e. The van der Waals surface area contributed by atoms with Crippen LogP contribution in [0.4, 0.5) is 0 Å². The molecule has 0 saturated carbocycles. The molecule has 0 amide bonds. The summed E-state index contributed by atoms with van der Waals surface area (Å²) in [5.41, 5.74) is 0. The molecule has 0 aromatic carbocycles. The second kappa shape index (κ2) is 35.6. The van der Waals surface area contributed by atoms with Gasteiger partial charge < -0.3 is 14.4 Å². The number of unbranched alkanes of at least 4 members (excludes halogenated alkanes) is 23. The van der Waals surface area contributed by atoms with E-state index in [1.807, 2.05) is 0 Å². The van der Waals surface area contributed by atoms with Gasteiger partial charge >= 0.3 is 19.8 Å². The zero-order valence-electron chi connectivity index (χ0n) is 31.4. The third-order valence-corrected chi connectivity index (χ3v) is 9.63. The number of hydrogen-bond acceptors (Lipinski definition) is 7. The van der Waals surface area contributed by atoms with Crippen LogP contribution in [0.2, 0.25) is 0 Å². The Morgan fingerprint density at radius 3 is 1.38 bits per heavy atom. The summed E-state index contributed by atoms with van der Waals surface area (Å²) in [6.45, 7) is 5.47. The molecule has 0 saturated heterocycles. The summed E-state index contributed by atoms with van der Waals surface area (Å²) in [7, 11) is -4.27. The van der Waals surface area contributed by atoms with Crippen molar-refractivity contribution in [2.45, 2.75) is 207 Å². The molecule has 284 valence electrons. The number of carbonyl (C=O) groups excluding carboxylic acids is 2. The molecule has 2 unspecified atom stereocenters. The van der Waals surface area contributed by atoms with Gasteiger partial charge in [-0.1, -0.05) is 154 Å². The van der Waals surface area contributed by atoms with E-state index in [-0.39, 0.29) is 25.6 Å². The smallest absolute Gasteiger partial charge is 0.462 e. The van der Waals surface area contributed by atoms with E-state index in [4.69, 9.17) is 18.5 Å². The van der Waals surface area contributed by atoms with Gasteiger partial charge in [0, 0.05) is 12.8 Å². The first-order chi connectivity index (χ1) is 23.3. The van der Waals surface area contributed by atoms with E-state index >= 15 is 0 Å². The topological polar surface area (TPSA) is 108 Å². The molecule has 1 N–H and O–H groups in total. The zero-order valence-corrected chi connectivity index (χ0v) is 32.3. The van der Waals surface area contributed by atoms with Gasteiger partial charge in [-0.3, -0.25) is 18.6 Å². The van der Waals surface area contributed by atoms with E-state index in [2.05, 4.69) is 26.0 Å². The van der Waals surface area contributed by atoms with Crippen LogP contribution in [-0.2, 0) is 32.7 Å². The maximum absolute atomic E-state index is 12.5. The summed E-state index contributed by atoms with van der Waals surface area (Å²) in [5.74, 6) is -0.800. The summed E-state index contributed by atoms with van der Waals surface area (Å²) >= 11 is 0. The summed E-state index contributed by atoms with van der Waals surface area (Å²) < 4.78 is 32.5. The molecule has 0 aliphatic heterocycles. The van der Waals surface area contributed by atoms with Crippen LogP contribution < -0.4 is 0 Å². The van der Waals surface area contributed by atoms with Crippen molar-refractivity contribution in [2.75, 3.05) is 19.8 Å². The fraction of sp³-hybridized carbons (Fsp3) is 0.897. The van der Waals surface area contributed by atoms with Crippen LogP contribution >= 0.6 is 7.82 Å². The maximum atomic E-state index is 12.5. The van der Waals surface area contributed by atoms with Crippen molar-refractivity contribution in [3.05, 3.63) is 12.2 Å². The first kappa shape index (κ1) is 46.8. The average molecular weight is 703 g/mol. The minimum atomic E-state index is -4.27. The highest BCUT2D eigenvalue weighted by Crippen LogP contribution is 2.43. The zero-order chi connectivity index (χ0) is 35.4. The molecule has 0 radical (unpaired) electrons. The highest BCUT2D eigenvalue weighted by atomic mass is 31.2. The number of allylic oxidation sites excluding steroid dienone is 2. The van der Waals surface area contributed by atoms with Crippen LogP contribution in [0.15, 0.2) is 12.2 Å². The molecule has 0 aromatic heterocycles. The molecule has 0 rings (SSSR count). The lowest BCUT2D eigenvalue weighted by molar-refractivity contribution is -0.161. The number of carbonyl (C=O) groups is 2. The highest BCUT2D eigenvalue weighted by molar-refractivity contribution is 7.47. The van der Waals surface area contributed by atoms with Crippen molar-refractivity contribution >= 4 is 19.8 Å². The lowest BCUT2D eigenvalue weighted by Crippen LogP contribution is -2.29. The van der Waals surface area contributed by atoms with Gasteiger partial charge in [0.2, 0.25) is 0 Å². The molecular weight excluding hydrogens is 627 g/mol. The standard InChI is InChI=1S/C39H75O8P/c1-4-7-9-11-13-15-17-19-20-22-24-26-28-30-32-34-39(41)47-37(36-46-48(42,43)45-6-3)35-44-38(40)33-31-29-27-25-23-21-18-16-14-12-10-8-5-2/h19-20,37H,4-18,21-36H2,1-3H3,(H,42,43)/b20-19-. The predicted molar refractivity (Wildman–Crippen MR) is 198 cm³/mol. The Bertz CT molecular complexity index is 803. The summed E-state index contributed by atoms with van der Waals surface area (Å²) in [4.78, 5) is 34.6. The van der Waals surface area contributed by atoms with Crippen LogP contribution in [-0.4, -0.2) is 42.8 Å². The van der Waals surface area contributed by atoms with Crippen LogP contribution in [0.1, 0.15) is 201 Å². The molecule has 0 heterocycles. The highest BCUT2D eigenvalue weighted by Gasteiger charge is 2.25. The van der Waals surface area contributed by atoms with Crippen molar-refractivity contribution in [3.8, 4) is 0 Å². The van der Waals surface area contributed by atoms with Crippen molar-refractivity contribution in [2.24, 2.45) is 0 Å². The van der Waals surface area contributed by atoms with E-state index in [0.29, 0.717) is 12.8 Å². The Morgan fingerprint density at radius 2 is 0.938 bits per heavy atom. The number of ether oxygens (including phenoxy) is 2. The second-order valence-electron chi connectivity index (χ2n) is 13.3. The number of esters is 2. The Morgan fingerprint density at radius 1 is 0.542 bits per heavy atom. The first-order valence-electron chi connectivity index (χ1n) is 20.0. The van der Waals surface area contributed by atoms with Crippen molar-refractivity contribution in [1.29, 1.82) is 0 Å². The van der Waals surface area contributed by atoms with Crippen LogP contribution in [0.3, 0.4) is 0 Å². The van der Waals surface area contributed by atoms with E-state index in [1.165, 1.54) is 109 Å². The second-order valence-corrected chi connectivity index (χ2v) is 14.8. The fourth-order valence-electron chi connectivity index (χ4n) is 5.62. The van der Waals surface area contributed by atoms with Crippen LogP contribution in [0.5, 0.6) is 0 Å². The Kier molecular flexibility index (Phi) is 34.7. The monoisotopic (exact) mass is 703 g/mol. The third kappa shape index (κ3) is 34.6. The molecule has 0 aliphatic carbocycles. The quantitative estimate of drug-likeness (QED) is 0.0295. The molecule has 0 aromatic rings. The number of rotatable bonds is 37. The normalized spacial score (nSPS) is 13.5. The number of phosphoric acid groups is 1. The summed E-state index contributed by atoms with van der Waals surface area (Å²) in [5, 5.41) is 0. The van der Waals surface area contributed by atoms with Gasteiger partial charge in [-0.25, -0.2) is 4.57 Å². The minimum Gasteiger partial charge on any atom is -0.462 e. The third-order valence-electron chi connectivity index (χ3n) is 8.57. The lowest BCUT2D eigenvalue weighted by atomic mass is 10.0. The Hall–Kier alpha value is -1.21. The van der Waals surface area contributed by atoms with Gasteiger partial charge in [0.05, 0.1) is 13.2 Å². The molecule has 9 heteroatoms. The number of phosphoric ester groups is 1. The van der Waals surface area contributed by atoms with E-state index in [1.54, 1.807) is 6.92 Å². The fourth-order valence-corrected chi connectivity index (χ4v) is 6.38. The van der Waals surface area contributed by atoms with Crippen LogP contribution in [0, 0.1) is 0 Å². The molecule has 0 fully saturated rings. The summed E-state index contributed by atoms with van der Waals surface area (Å²) in [6, 6.07) is 0. The average Bonchev–Trinajstić information content (AvgIpc) is 3.06. The van der Waals surface area contributed by atoms with Gasteiger partial charge in [-0.2, -0.15) is 0 Å². The lowest BCUT2D eigenvalue weighted by Gasteiger charge is -2.19. The van der Waals surface area contributed by atoms with E-state index < -0.39 is 26.5 Å². The predicted octanol–water partition coefficient (Wildman–Crippen LogP) is 12.1. The SMILES string of the molecule is CCCCCCCC/C=C\CCCCCCCC(=O)OC(COC(=O)CCCCCCCCCCCCCCC)COP(=O)(O)OCC. The number of hydrogen-bond donors (Lipinski definition) is 1. The molecule has 2 atom stereocenters. The molecule has 48 heavy (non-hydrogen) atoms. The van der Waals surface area contributed by atoms with Crippen molar-refractivity contribution < 1.29 is 37.6 Å². The van der Waals surface area contributed by atoms with Gasteiger partial charge in [-0.05, 0) is 45.4 Å². The molecular formula is C39H75O8P. The Balaban J connectivity index is 4.12. The maximum Gasteiger partial charge on any atom is 0.472 e. The van der Waals surface area contributed by atoms with Gasteiger partial charge in [0.1, 0.15) is 6.61 Å². The van der Waals surface area contributed by atoms with E-state index in [9.17, 15) is 19.0 Å². The van der Waals surface area contributed by atoms with Crippen molar-refractivity contribution in [1.82, 2.24) is 0 Å². The van der Waals surface area contributed by atoms with Gasteiger partial charge in [0.25, 0.3) is 0 Å². The molecule has 0 aliphatic rings. The minimum absolute atomic E-state index is 0.00181. The molecule has 0 bridgehead atoms. The first-order valence-corrected chi connectivity index (χ1v) is 21.5.